The maximum absolute atomic E-state index is 11.5. The SMILES string of the molecule is Cc1nc2scc(C)n2c1/C=N/NC(=O)CN(C)C. The molecule has 0 unspecified atom stereocenters. The fourth-order valence-corrected chi connectivity index (χ4v) is 2.68. The molecule has 0 aliphatic rings. The third-order valence-corrected chi connectivity index (χ3v) is 3.53. The maximum atomic E-state index is 11.5. The number of nitrogens with one attached hydrogen (secondary N) is 1. The Morgan fingerprint density at radius 1 is 1.58 bits per heavy atom. The van der Waals surface area contributed by atoms with Crippen LogP contribution in [0.15, 0.2) is 10.5 Å². The second-order valence-corrected chi connectivity index (χ2v) is 5.45. The summed E-state index contributed by atoms with van der Waals surface area (Å²) in [5.74, 6) is -0.137. The van der Waals surface area contributed by atoms with E-state index in [4.69, 9.17) is 0 Å². The molecule has 102 valence electrons. The number of hydrazone groups is 1. The first-order valence-corrected chi connectivity index (χ1v) is 6.77. The number of aryl methyl sites for hydroxylation is 2. The van der Waals surface area contributed by atoms with Crippen molar-refractivity contribution in [2.24, 2.45) is 5.10 Å². The van der Waals surface area contributed by atoms with Gasteiger partial charge in [-0.25, -0.2) is 10.4 Å². The maximum Gasteiger partial charge on any atom is 0.254 e. The van der Waals surface area contributed by atoms with E-state index < -0.39 is 0 Å². The van der Waals surface area contributed by atoms with Gasteiger partial charge in [-0.15, -0.1) is 11.3 Å². The number of aromatic nitrogens is 2. The first-order valence-electron chi connectivity index (χ1n) is 5.89. The van der Waals surface area contributed by atoms with Gasteiger partial charge < -0.3 is 4.90 Å². The fourth-order valence-electron chi connectivity index (χ4n) is 1.77. The molecule has 0 radical (unpaired) electrons. The monoisotopic (exact) mass is 279 g/mol. The van der Waals surface area contributed by atoms with E-state index in [9.17, 15) is 4.79 Å². The zero-order valence-electron chi connectivity index (χ0n) is 11.5. The van der Waals surface area contributed by atoms with Crippen LogP contribution in [0.1, 0.15) is 17.1 Å². The molecule has 1 amide bonds. The summed E-state index contributed by atoms with van der Waals surface area (Å²) in [4.78, 5) is 18.6. The van der Waals surface area contributed by atoms with Crippen LogP contribution < -0.4 is 5.43 Å². The molecule has 0 atom stereocenters. The average molecular weight is 279 g/mol. The zero-order chi connectivity index (χ0) is 14.0. The Morgan fingerprint density at radius 3 is 3.00 bits per heavy atom. The van der Waals surface area contributed by atoms with Crippen molar-refractivity contribution in [1.29, 1.82) is 0 Å². The van der Waals surface area contributed by atoms with E-state index in [0.29, 0.717) is 6.54 Å². The van der Waals surface area contributed by atoms with Crippen molar-refractivity contribution < 1.29 is 4.79 Å². The second-order valence-electron chi connectivity index (χ2n) is 4.61. The van der Waals surface area contributed by atoms with E-state index in [1.54, 1.807) is 22.5 Å². The quantitative estimate of drug-likeness (QED) is 0.671. The molecule has 6 nitrogen and oxygen atoms in total. The highest BCUT2D eigenvalue weighted by molar-refractivity contribution is 7.15. The molecule has 19 heavy (non-hydrogen) atoms. The normalized spacial score (nSPS) is 11.8. The largest absolute Gasteiger partial charge is 0.301 e. The average Bonchev–Trinajstić information content (AvgIpc) is 2.80. The number of fused-ring (bicyclic) bond motifs is 1. The van der Waals surface area contributed by atoms with Crippen LogP contribution in [0.5, 0.6) is 0 Å². The first kappa shape index (κ1) is 13.7. The van der Waals surface area contributed by atoms with Crippen LogP contribution in [0.2, 0.25) is 0 Å². The third kappa shape index (κ3) is 2.99. The number of rotatable bonds is 4. The highest BCUT2D eigenvalue weighted by Gasteiger charge is 2.10. The zero-order valence-corrected chi connectivity index (χ0v) is 12.3. The molecule has 7 heteroatoms. The highest BCUT2D eigenvalue weighted by atomic mass is 32.1. The third-order valence-electron chi connectivity index (χ3n) is 2.59. The first-order chi connectivity index (χ1) is 8.99. The molecule has 1 N–H and O–H groups in total. The van der Waals surface area contributed by atoms with Crippen LogP contribution in [0.4, 0.5) is 0 Å². The molecule has 0 aromatic carbocycles. The molecule has 0 saturated heterocycles. The number of likely N-dealkylation sites (N-methyl/N-ethyl adjacent to an activating group) is 1. The van der Waals surface area contributed by atoms with Crippen LogP contribution in [0, 0.1) is 13.8 Å². The van der Waals surface area contributed by atoms with E-state index in [-0.39, 0.29) is 5.91 Å². The van der Waals surface area contributed by atoms with Crippen LogP contribution in [-0.4, -0.2) is 47.0 Å². The molecule has 0 spiro atoms. The number of hydrogen-bond acceptors (Lipinski definition) is 5. The Bertz CT molecular complexity index is 625. The number of carbonyl (C=O) groups excluding carboxylic acids is 1. The minimum atomic E-state index is -0.137. The predicted octanol–water partition coefficient (Wildman–Crippen LogP) is 1.02. The number of carbonyl (C=O) groups is 1. The standard InChI is InChI=1S/C12H17N5OS/c1-8-7-19-12-14-9(2)10(17(8)12)5-13-15-11(18)6-16(3)4/h5,7H,6H2,1-4H3,(H,15,18)/b13-5+. The van der Waals surface area contributed by atoms with Crippen molar-refractivity contribution in [2.45, 2.75) is 13.8 Å². The fraction of sp³-hybridized carbons (Fsp3) is 0.417. The van der Waals surface area contributed by atoms with Gasteiger partial charge in [0.2, 0.25) is 0 Å². The number of amides is 1. The van der Waals surface area contributed by atoms with Crippen molar-refractivity contribution in [2.75, 3.05) is 20.6 Å². The molecule has 2 aromatic heterocycles. The molecule has 0 fully saturated rings. The van der Waals surface area contributed by atoms with Crippen molar-refractivity contribution in [3.05, 3.63) is 22.5 Å². The molecule has 0 aliphatic heterocycles. The molecular weight excluding hydrogens is 262 g/mol. The minimum absolute atomic E-state index is 0.137. The number of hydrogen-bond donors (Lipinski definition) is 1. The van der Waals surface area contributed by atoms with Gasteiger partial charge in [0.05, 0.1) is 24.1 Å². The molecule has 0 aliphatic carbocycles. The van der Waals surface area contributed by atoms with Gasteiger partial charge >= 0.3 is 0 Å². The lowest BCUT2D eigenvalue weighted by molar-refractivity contribution is -0.121. The lowest BCUT2D eigenvalue weighted by Gasteiger charge is -2.06. The lowest BCUT2D eigenvalue weighted by Crippen LogP contribution is -2.30. The van der Waals surface area contributed by atoms with Crippen molar-refractivity contribution in [1.82, 2.24) is 19.7 Å². The van der Waals surface area contributed by atoms with Gasteiger partial charge in [0, 0.05) is 11.1 Å². The van der Waals surface area contributed by atoms with Crippen LogP contribution in [-0.2, 0) is 4.79 Å². The van der Waals surface area contributed by atoms with E-state index in [1.807, 2.05) is 37.7 Å². The number of nitrogens with zero attached hydrogens (tertiary/aromatic N) is 4. The van der Waals surface area contributed by atoms with Gasteiger partial charge in [0.15, 0.2) is 4.96 Å². The summed E-state index contributed by atoms with van der Waals surface area (Å²) in [6, 6.07) is 0. The van der Waals surface area contributed by atoms with Gasteiger partial charge in [-0.3, -0.25) is 9.20 Å². The number of thiazole rings is 1. The van der Waals surface area contributed by atoms with Gasteiger partial charge in [-0.1, -0.05) is 0 Å². The minimum Gasteiger partial charge on any atom is -0.301 e. The van der Waals surface area contributed by atoms with Crippen LogP contribution in [0.3, 0.4) is 0 Å². The molecule has 0 bridgehead atoms. The van der Waals surface area contributed by atoms with Crippen molar-refractivity contribution >= 4 is 28.4 Å². The highest BCUT2D eigenvalue weighted by Crippen LogP contribution is 2.18. The second kappa shape index (κ2) is 5.50. The Hall–Kier alpha value is -1.73. The molecule has 0 saturated carbocycles. The van der Waals surface area contributed by atoms with E-state index in [0.717, 1.165) is 22.0 Å². The number of imidazole rings is 1. The molecular formula is C12H17N5OS. The summed E-state index contributed by atoms with van der Waals surface area (Å²) in [6.07, 6.45) is 1.64. The summed E-state index contributed by atoms with van der Waals surface area (Å²) >= 11 is 1.59. The van der Waals surface area contributed by atoms with Crippen LogP contribution >= 0.6 is 11.3 Å². The Balaban J connectivity index is 2.14. The summed E-state index contributed by atoms with van der Waals surface area (Å²) in [5, 5.41) is 6.04. The van der Waals surface area contributed by atoms with Gasteiger partial charge in [0.1, 0.15) is 0 Å². The van der Waals surface area contributed by atoms with Crippen molar-refractivity contribution in [3.63, 3.8) is 0 Å². The van der Waals surface area contributed by atoms with Gasteiger partial charge in [0.25, 0.3) is 5.91 Å². The molecule has 2 rings (SSSR count). The summed E-state index contributed by atoms with van der Waals surface area (Å²) in [5.41, 5.74) is 5.42. The van der Waals surface area contributed by atoms with E-state index in [2.05, 4.69) is 15.5 Å². The summed E-state index contributed by atoms with van der Waals surface area (Å²) in [7, 11) is 3.67. The Morgan fingerprint density at radius 2 is 2.32 bits per heavy atom. The van der Waals surface area contributed by atoms with Gasteiger partial charge in [-0.05, 0) is 27.9 Å². The van der Waals surface area contributed by atoms with Gasteiger partial charge in [-0.2, -0.15) is 5.10 Å². The molecule has 2 heterocycles. The predicted molar refractivity (Wildman–Crippen MR) is 76.8 cm³/mol. The smallest absolute Gasteiger partial charge is 0.254 e. The lowest BCUT2D eigenvalue weighted by atomic mass is 10.3. The Labute approximate surface area is 115 Å². The Kier molecular flexibility index (Phi) is 3.96. The molecule has 2 aromatic rings. The van der Waals surface area contributed by atoms with E-state index in [1.165, 1.54) is 0 Å². The topological polar surface area (TPSA) is 62.0 Å². The summed E-state index contributed by atoms with van der Waals surface area (Å²) < 4.78 is 2.03. The van der Waals surface area contributed by atoms with Crippen molar-refractivity contribution in [3.8, 4) is 0 Å². The van der Waals surface area contributed by atoms with E-state index >= 15 is 0 Å². The van der Waals surface area contributed by atoms with Crippen LogP contribution in [0.25, 0.3) is 4.96 Å². The summed E-state index contributed by atoms with van der Waals surface area (Å²) in [6.45, 7) is 4.27.